The van der Waals surface area contributed by atoms with Crippen LogP contribution in [0.2, 0.25) is 0 Å². The quantitative estimate of drug-likeness (QED) is 0.552. The van der Waals surface area contributed by atoms with Crippen LogP contribution >= 0.6 is 0 Å². The maximum atomic E-state index is 12.9. The van der Waals surface area contributed by atoms with Crippen molar-refractivity contribution in [3.8, 4) is 0 Å². The van der Waals surface area contributed by atoms with E-state index in [9.17, 15) is 4.79 Å². The van der Waals surface area contributed by atoms with E-state index in [2.05, 4.69) is 23.3 Å². The largest absolute Gasteiger partial charge is 0.464 e. The Kier molecular flexibility index (Phi) is 4.98. The molecule has 4 rings (SSSR count). The topological polar surface area (TPSA) is 60.1 Å². The number of fused-ring (bicyclic) bond motifs is 1. The number of aromatic nitrogens is 2. The van der Waals surface area contributed by atoms with Crippen LogP contribution in [0.15, 0.2) is 71.6 Å². The van der Waals surface area contributed by atoms with Crippen LogP contribution in [-0.2, 0) is 24.7 Å². The third kappa shape index (κ3) is 3.56. The zero-order chi connectivity index (χ0) is 19.5. The van der Waals surface area contributed by atoms with Crippen molar-refractivity contribution in [2.75, 3.05) is 0 Å². The van der Waals surface area contributed by atoms with Gasteiger partial charge in [-0.2, -0.15) is 0 Å². The Morgan fingerprint density at radius 2 is 2.04 bits per heavy atom. The molecule has 0 bridgehead atoms. The fourth-order valence-electron chi connectivity index (χ4n) is 3.47. The van der Waals surface area contributed by atoms with Crippen LogP contribution in [0.3, 0.4) is 0 Å². The fraction of sp³-hybridized carbons (Fsp3) is 0.217. The normalized spacial score (nSPS) is 12.2. The maximum Gasteiger partial charge on any atom is 0.225 e. The first kappa shape index (κ1) is 18.0. The fourth-order valence-corrected chi connectivity index (χ4v) is 3.47. The molecule has 0 aliphatic carbocycles. The molecule has 5 nitrogen and oxygen atoms in total. The number of imidazole rings is 1. The van der Waals surface area contributed by atoms with E-state index in [1.54, 1.807) is 12.5 Å². The van der Waals surface area contributed by atoms with Gasteiger partial charge in [-0.1, -0.05) is 49.4 Å². The molecule has 2 aromatic heterocycles. The molecule has 2 aromatic carbocycles. The number of carbonyl (C=O) groups is 1. The Labute approximate surface area is 164 Å². The summed E-state index contributed by atoms with van der Waals surface area (Å²) in [6.07, 6.45) is 6.52. The van der Waals surface area contributed by atoms with Gasteiger partial charge in [0.25, 0.3) is 0 Å². The average molecular weight is 373 g/mol. The van der Waals surface area contributed by atoms with Crippen LogP contribution < -0.4 is 5.32 Å². The third-order valence-electron chi connectivity index (χ3n) is 5.03. The number of carbonyl (C=O) groups excluding carboxylic acids is 1. The van der Waals surface area contributed by atoms with Gasteiger partial charge in [-0.15, -0.1) is 0 Å². The van der Waals surface area contributed by atoms with Crippen LogP contribution in [0.25, 0.3) is 11.0 Å². The van der Waals surface area contributed by atoms with Gasteiger partial charge in [0.1, 0.15) is 17.4 Å². The molecule has 0 saturated heterocycles. The predicted molar refractivity (Wildman–Crippen MR) is 109 cm³/mol. The second-order valence-electron chi connectivity index (χ2n) is 6.93. The lowest BCUT2D eigenvalue weighted by atomic mass is 10.0. The van der Waals surface area contributed by atoms with Crippen molar-refractivity contribution in [3.63, 3.8) is 0 Å². The lowest BCUT2D eigenvalue weighted by Crippen LogP contribution is -2.32. The number of rotatable bonds is 6. The molecular formula is C23H23N3O2. The summed E-state index contributed by atoms with van der Waals surface area (Å²) in [7, 11) is 1.93. The molecule has 0 radical (unpaired) electrons. The summed E-state index contributed by atoms with van der Waals surface area (Å²) in [5.41, 5.74) is 3.93. The van der Waals surface area contributed by atoms with Crippen LogP contribution in [0.4, 0.5) is 0 Å². The second kappa shape index (κ2) is 7.72. The van der Waals surface area contributed by atoms with Crippen LogP contribution in [0, 0.1) is 0 Å². The number of nitrogens with one attached hydrogen (secondary N) is 1. The second-order valence-corrected chi connectivity index (χ2v) is 6.93. The van der Waals surface area contributed by atoms with Crippen LogP contribution in [-0.4, -0.2) is 15.5 Å². The molecule has 1 N–H and O–H groups in total. The Balaban J connectivity index is 1.58. The number of amides is 1. The Bertz CT molecular complexity index is 1100. The Morgan fingerprint density at radius 1 is 1.21 bits per heavy atom. The minimum Gasteiger partial charge on any atom is -0.464 e. The summed E-state index contributed by atoms with van der Waals surface area (Å²) in [4.78, 5) is 17.3. The van der Waals surface area contributed by atoms with Crippen molar-refractivity contribution in [1.29, 1.82) is 0 Å². The minimum absolute atomic E-state index is 0.0703. The van der Waals surface area contributed by atoms with Gasteiger partial charge in [0, 0.05) is 30.4 Å². The maximum absolute atomic E-state index is 12.9. The number of hydrogen-bond acceptors (Lipinski definition) is 3. The van der Waals surface area contributed by atoms with Gasteiger partial charge in [0.15, 0.2) is 0 Å². The molecule has 0 fully saturated rings. The zero-order valence-electron chi connectivity index (χ0n) is 16.1. The van der Waals surface area contributed by atoms with Gasteiger partial charge in [-0.3, -0.25) is 4.79 Å². The molecule has 28 heavy (non-hydrogen) atoms. The smallest absolute Gasteiger partial charge is 0.225 e. The van der Waals surface area contributed by atoms with Crippen molar-refractivity contribution in [1.82, 2.24) is 14.9 Å². The minimum atomic E-state index is -0.307. The van der Waals surface area contributed by atoms with Gasteiger partial charge in [0.05, 0.1) is 12.7 Å². The molecule has 0 saturated carbocycles. The highest BCUT2D eigenvalue weighted by Crippen LogP contribution is 2.24. The molecule has 142 valence electrons. The monoisotopic (exact) mass is 373 g/mol. The molecule has 2 heterocycles. The molecule has 0 spiro atoms. The lowest BCUT2D eigenvalue weighted by Gasteiger charge is -2.19. The molecule has 1 atom stereocenters. The van der Waals surface area contributed by atoms with Gasteiger partial charge in [-0.25, -0.2) is 4.98 Å². The number of aryl methyl sites for hydroxylation is 2. The number of furan rings is 1. The number of nitrogens with zero attached hydrogens (tertiary/aromatic N) is 2. The molecule has 0 aliphatic rings. The van der Waals surface area contributed by atoms with E-state index in [1.807, 2.05) is 60.3 Å². The summed E-state index contributed by atoms with van der Waals surface area (Å²) in [5.74, 6) is 0.725. The number of hydrogen-bond donors (Lipinski definition) is 1. The van der Waals surface area contributed by atoms with Gasteiger partial charge >= 0.3 is 0 Å². The van der Waals surface area contributed by atoms with Crippen molar-refractivity contribution < 1.29 is 9.21 Å². The average Bonchev–Trinajstić information content (AvgIpc) is 3.32. The summed E-state index contributed by atoms with van der Waals surface area (Å²) in [6.45, 7) is 2.11. The third-order valence-corrected chi connectivity index (χ3v) is 5.03. The van der Waals surface area contributed by atoms with Crippen molar-refractivity contribution in [2.24, 2.45) is 7.05 Å². The van der Waals surface area contributed by atoms with E-state index in [4.69, 9.17) is 4.42 Å². The van der Waals surface area contributed by atoms with Crippen molar-refractivity contribution >= 4 is 16.9 Å². The highest BCUT2D eigenvalue weighted by Gasteiger charge is 2.21. The summed E-state index contributed by atoms with van der Waals surface area (Å²) in [6, 6.07) is 15.7. The van der Waals surface area contributed by atoms with Gasteiger partial charge in [0.2, 0.25) is 5.91 Å². The number of benzene rings is 2. The van der Waals surface area contributed by atoms with Crippen LogP contribution in [0.5, 0.6) is 0 Å². The van der Waals surface area contributed by atoms with Crippen molar-refractivity contribution in [2.45, 2.75) is 25.8 Å². The van der Waals surface area contributed by atoms with Crippen LogP contribution in [0.1, 0.15) is 35.5 Å². The Hall–Kier alpha value is -3.34. The predicted octanol–water partition coefficient (Wildman–Crippen LogP) is 4.18. The molecule has 4 aromatic rings. The van der Waals surface area contributed by atoms with E-state index in [1.165, 1.54) is 5.56 Å². The molecule has 1 amide bonds. The van der Waals surface area contributed by atoms with E-state index in [0.29, 0.717) is 0 Å². The standard InChI is InChI=1S/C23H23N3O2/c1-3-16-9-10-19-18(15-28-20(19)13-16)14-21(27)25-22(17-7-5-4-6-8-17)23-24-11-12-26(23)2/h4-13,15,22H,3,14H2,1-2H3,(H,25,27)/t22-/m1/s1. The van der Waals surface area contributed by atoms with Crippen molar-refractivity contribution in [3.05, 3.63) is 89.7 Å². The van der Waals surface area contributed by atoms with Gasteiger partial charge < -0.3 is 14.3 Å². The van der Waals surface area contributed by atoms with E-state index >= 15 is 0 Å². The lowest BCUT2D eigenvalue weighted by molar-refractivity contribution is -0.121. The zero-order valence-corrected chi connectivity index (χ0v) is 16.1. The van der Waals surface area contributed by atoms with Gasteiger partial charge in [-0.05, 0) is 23.6 Å². The molecule has 0 unspecified atom stereocenters. The van der Waals surface area contributed by atoms with E-state index in [0.717, 1.165) is 34.3 Å². The Morgan fingerprint density at radius 3 is 2.75 bits per heavy atom. The highest BCUT2D eigenvalue weighted by atomic mass is 16.3. The summed E-state index contributed by atoms with van der Waals surface area (Å²) in [5, 5.41) is 4.12. The summed E-state index contributed by atoms with van der Waals surface area (Å²) >= 11 is 0. The first-order valence-corrected chi connectivity index (χ1v) is 9.46. The van der Waals surface area contributed by atoms with E-state index < -0.39 is 0 Å². The molecule has 5 heteroatoms. The molecule has 0 aliphatic heterocycles. The first-order valence-electron chi connectivity index (χ1n) is 9.46. The highest BCUT2D eigenvalue weighted by molar-refractivity contribution is 5.88. The summed E-state index contributed by atoms with van der Waals surface area (Å²) < 4.78 is 7.60. The molecular weight excluding hydrogens is 350 g/mol. The first-order chi connectivity index (χ1) is 13.7. The SMILES string of the molecule is CCc1ccc2c(CC(=O)N[C@H](c3ccccc3)c3nccn3C)coc2c1. The van der Waals surface area contributed by atoms with E-state index in [-0.39, 0.29) is 18.4 Å².